The molecule has 4 rings (SSSR count). The molecule has 31 heavy (non-hydrogen) atoms. The number of aromatic nitrogens is 4. The van der Waals surface area contributed by atoms with Gasteiger partial charge in [-0.1, -0.05) is 70.2 Å². The summed E-state index contributed by atoms with van der Waals surface area (Å²) in [5, 5.41) is 7.37. The van der Waals surface area contributed by atoms with Crippen molar-refractivity contribution in [2.24, 2.45) is 0 Å². The molecule has 2 aromatic carbocycles. The van der Waals surface area contributed by atoms with E-state index in [4.69, 9.17) is 0 Å². The number of benzene rings is 2. The van der Waals surface area contributed by atoms with Crippen LogP contribution in [0, 0.1) is 0 Å². The van der Waals surface area contributed by atoms with Crippen molar-refractivity contribution in [3.63, 3.8) is 0 Å². The SMILES string of the molecule is CC(C)c1cccc(C(C)C)c1-c1cnc(-c2n[nH]c(C(F)(F)F)n2)c2ccccc12. The van der Waals surface area contributed by atoms with Crippen molar-refractivity contribution in [3.05, 3.63) is 65.6 Å². The van der Waals surface area contributed by atoms with Crippen molar-refractivity contribution in [3.8, 4) is 22.6 Å². The lowest BCUT2D eigenvalue weighted by atomic mass is 9.84. The second kappa shape index (κ2) is 7.80. The third-order valence-electron chi connectivity index (χ3n) is 5.40. The molecular formula is C24H23F3N4. The summed E-state index contributed by atoms with van der Waals surface area (Å²) in [5.74, 6) is -0.606. The van der Waals surface area contributed by atoms with E-state index in [1.807, 2.05) is 29.4 Å². The van der Waals surface area contributed by atoms with E-state index in [9.17, 15) is 13.2 Å². The molecule has 0 spiro atoms. The first-order valence-corrected chi connectivity index (χ1v) is 10.2. The molecule has 7 heteroatoms. The molecule has 0 atom stereocenters. The first-order valence-electron chi connectivity index (χ1n) is 10.2. The van der Waals surface area contributed by atoms with Crippen LogP contribution in [0.2, 0.25) is 0 Å². The van der Waals surface area contributed by atoms with Crippen molar-refractivity contribution >= 4 is 10.8 Å². The van der Waals surface area contributed by atoms with Gasteiger partial charge < -0.3 is 0 Å². The highest BCUT2D eigenvalue weighted by atomic mass is 19.4. The normalized spacial score (nSPS) is 12.3. The Morgan fingerprint density at radius 2 is 1.45 bits per heavy atom. The van der Waals surface area contributed by atoms with Crippen LogP contribution in [0.15, 0.2) is 48.7 Å². The quantitative estimate of drug-likeness (QED) is 0.386. The van der Waals surface area contributed by atoms with Crippen molar-refractivity contribution in [1.29, 1.82) is 0 Å². The zero-order valence-electron chi connectivity index (χ0n) is 17.7. The van der Waals surface area contributed by atoms with Crippen molar-refractivity contribution < 1.29 is 13.2 Å². The van der Waals surface area contributed by atoms with E-state index >= 15 is 0 Å². The molecule has 0 saturated carbocycles. The Hall–Kier alpha value is -3.22. The Balaban J connectivity index is 1.99. The van der Waals surface area contributed by atoms with Gasteiger partial charge in [0.1, 0.15) is 5.69 Å². The maximum Gasteiger partial charge on any atom is 0.451 e. The van der Waals surface area contributed by atoms with Crippen LogP contribution in [0.1, 0.15) is 56.5 Å². The molecule has 0 aliphatic rings. The Morgan fingerprint density at radius 1 is 0.839 bits per heavy atom. The van der Waals surface area contributed by atoms with E-state index in [2.05, 4.69) is 61.0 Å². The smallest absolute Gasteiger partial charge is 0.255 e. The van der Waals surface area contributed by atoms with Gasteiger partial charge in [-0.2, -0.15) is 18.3 Å². The Bertz CT molecular complexity index is 1210. The van der Waals surface area contributed by atoms with E-state index < -0.39 is 12.0 Å². The number of aromatic amines is 1. The van der Waals surface area contributed by atoms with Gasteiger partial charge >= 0.3 is 6.18 Å². The summed E-state index contributed by atoms with van der Waals surface area (Å²) in [4.78, 5) is 8.18. The summed E-state index contributed by atoms with van der Waals surface area (Å²) in [6, 6.07) is 13.9. The first kappa shape index (κ1) is 21.0. The van der Waals surface area contributed by atoms with Crippen LogP contribution in [0.4, 0.5) is 13.2 Å². The average molecular weight is 424 g/mol. The van der Waals surface area contributed by atoms with Gasteiger partial charge in [0.25, 0.3) is 0 Å². The number of pyridine rings is 1. The molecule has 0 aliphatic heterocycles. The Labute approximate surface area is 178 Å². The van der Waals surface area contributed by atoms with Gasteiger partial charge in [-0.3, -0.25) is 10.1 Å². The fourth-order valence-corrected chi connectivity index (χ4v) is 3.93. The molecule has 0 amide bonds. The minimum Gasteiger partial charge on any atom is -0.255 e. The Morgan fingerprint density at radius 3 is 2.00 bits per heavy atom. The standard InChI is InChI=1S/C24H23F3N4/c1-13(2)15-10-7-11-16(14(3)4)20(15)19-12-28-21(18-9-6-5-8-17(18)19)22-29-23(31-30-22)24(25,26)27/h5-14H,1-4H3,(H,29,30,31). The van der Waals surface area contributed by atoms with Crippen LogP contribution >= 0.6 is 0 Å². The lowest BCUT2D eigenvalue weighted by Crippen LogP contribution is -2.07. The second-order valence-corrected chi connectivity index (χ2v) is 8.19. The average Bonchev–Trinajstić information content (AvgIpc) is 3.23. The largest absolute Gasteiger partial charge is 0.451 e. The molecule has 2 aromatic heterocycles. The predicted molar refractivity (Wildman–Crippen MR) is 116 cm³/mol. The highest BCUT2D eigenvalue weighted by Gasteiger charge is 2.35. The van der Waals surface area contributed by atoms with Gasteiger partial charge in [-0.15, -0.1) is 0 Å². The van der Waals surface area contributed by atoms with Gasteiger partial charge in [-0.25, -0.2) is 4.98 Å². The number of fused-ring (bicyclic) bond motifs is 1. The van der Waals surface area contributed by atoms with Crippen molar-refractivity contribution in [2.75, 3.05) is 0 Å². The summed E-state index contributed by atoms with van der Waals surface area (Å²) in [6.07, 6.45) is -2.86. The summed E-state index contributed by atoms with van der Waals surface area (Å²) in [6.45, 7) is 8.61. The van der Waals surface area contributed by atoms with Crippen LogP contribution < -0.4 is 0 Å². The molecule has 2 heterocycles. The highest BCUT2D eigenvalue weighted by Crippen LogP contribution is 2.40. The molecule has 160 valence electrons. The number of nitrogens with zero attached hydrogens (tertiary/aromatic N) is 3. The number of hydrogen-bond acceptors (Lipinski definition) is 3. The van der Waals surface area contributed by atoms with Crippen LogP contribution in [0.25, 0.3) is 33.4 Å². The summed E-state index contributed by atoms with van der Waals surface area (Å²) >= 11 is 0. The minimum atomic E-state index is -4.59. The molecule has 4 nitrogen and oxygen atoms in total. The van der Waals surface area contributed by atoms with Gasteiger partial charge in [-0.05, 0) is 33.9 Å². The topological polar surface area (TPSA) is 54.5 Å². The van der Waals surface area contributed by atoms with Crippen molar-refractivity contribution in [2.45, 2.75) is 45.7 Å². The fraction of sp³-hybridized carbons (Fsp3) is 0.292. The van der Waals surface area contributed by atoms with E-state index in [1.54, 1.807) is 6.20 Å². The van der Waals surface area contributed by atoms with E-state index in [0.717, 1.165) is 16.5 Å². The van der Waals surface area contributed by atoms with Gasteiger partial charge in [0.15, 0.2) is 0 Å². The first-order chi connectivity index (χ1) is 14.7. The molecule has 0 saturated heterocycles. The van der Waals surface area contributed by atoms with Gasteiger partial charge in [0, 0.05) is 17.1 Å². The summed E-state index contributed by atoms with van der Waals surface area (Å²) in [7, 11) is 0. The lowest BCUT2D eigenvalue weighted by Gasteiger charge is -2.21. The number of H-pyrrole nitrogens is 1. The Kier molecular flexibility index (Phi) is 5.29. The van der Waals surface area contributed by atoms with E-state index in [1.165, 1.54) is 11.1 Å². The summed E-state index contributed by atoms with van der Waals surface area (Å²) in [5.41, 5.74) is 4.83. The molecular weight excluding hydrogens is 401 g/mol. The third-order valence-corrected chi connectivity index (χ3v) is 5.40. The number of rotatable bonds is 4. The number of nitrogens with one attached hydrogen (secondary N) is 1. The number of halogens is 3. The maximum atomic E-state index is 13.0. The molecule has 0 fully saturated rings. The zero-order chi connectivity index (χ0) is 22.3. The van der Waals surface area contributed by atoms with Gasteiger partial charge in [0.05, 0.1) is 0 Å². The van der Waals surface area contributed by atoms with Crippen LogP contribution in [-0.2, 0) is 6.18 Å². The van der Waals surface area contributed by atoms with Crippen molar-refractivity contribution in [1.82, 2.24) is 20.2 Å². The number of alkyl halides is 3. The second-order valence-electron chi connectivity index (χ2n) is 8.19. The number of hydrogen-bond donors (Lipinski definition) is 1. The molecule has 0 radical (unpaired) electrons. The van der Waals surface area contributed by atoms with Crippen LogP contribution in [0.3, 0.4) is 0 Å². The predicted octanol–water partition coefficient (Wildman–Crippen LogP) is 6.95. The summed E-state index contributed by atoms with van der Waals surface area (Å²) < 4.78 is 39.0. The van der Waals surface area contributed by atoms with E-state index in [-0.39, 0.29) is 5.82 Å². The minimum absolute atomic E-state index is 0.0729. The third kappa shape index (κ3) is 3.80. The zero-order valence-corrected chi connectivity index (χ0v) is 17.7. The monoisotopic (exact) mass is 424 g/mol. The van der Waals surface area contributed by atoms with E-state index in [0.29, 0.717) is 22.9 Å². The fourth-order valence-electron chi connectivity index (χ4n) is 3.93. The molecule has 0 aliphatic carbocycles. The molecule has 1 N–H and O–H groups in total. The highest BCUT2D eigenvalue weighted by molar-refractivity contribution is 6.03. The van der Waals surface area contributed by atoms with Gasteiger partial charge in [0.2, 0.25) is 11.6 Å². The lowest BCUT2D eigenvalue weighted by molar-refractivity contribution is -0.144. The maximum absolute atomic E-state index is 13.0. The van der Waals surface area contributed by atoms with Crippen LogP contribution in [0.5, 0.6) is 0 Å². The molecule has 0 unspecified atom stereocenters. The van der Waals surface area contributed by atoms with Crippen LogP contribution in [-0.4, -0.2) is 20.2 Å². The molecule has 4 aromatic rings. The molecule has 0 bridgehead atoms.